The Bertz CT molecular complexity index is 849. The van der Waals surface area contributed by atoms with Crippen molar-refractivity contribution in [3.05, 3.63) is 33.8 Å². The van der Waals surface area contributed by atoms with Crippen molar-refractivity contribution in [1.29, 1.82) is 0 Å². The molecule has 1 aromatic heterocycles. The first-order chi connectivity index (χ1) is 14.2. The van der Waals surface area contributed by atoms with Crippen LogP contribution in [0.4, 0.5) is 0 Å². The van der Waals surface area contributed by atoms with Gasteiger partial charge in [-0.05, 0) is 32.5 Å². The van der Waals surface area contributed by atoms with E-state index in [1.807, 2.05) is 37.1 Å². The van der Waals surface area contributed by atoms with Crippen LogP contribution in [-0.2, 0) is 9.63 Å². The molecule has 0 spiro atoms. The van der Waals surface area contributed by atoms with E-state index in [1.165, 1.54) is 11.3 Å². The highest BCUT2D eigenvalue weighted by molar-refractivity contribution is 14.1. The number of thiazole rings is 1. The molecule has 0 saturated carbocycles. The zero-order chi connectivity index (χ0) is 22.1. The van der Waals surface area contributed by atoms with Gasteiger partial charge in [0.05, 0.1) is 25.9 Å². The van der Waals surface area contributed by atoms with Crippen LogP contribution in [0.15, 0.2) is 23.7 Å². The summed E-state index contributed by atoms with van der Waals surface area (Å²) in [5.74, 6) is 0.488. The largest absolute Gasteiger partial charge is 0.489 e. The highest BCUT2D eigenvalue weighted by Crippen LogP contribution is 2.28. The number of carbonyl (C=O) groups is 1. The lowest BCUT2D eigenvalue weighted by atomic mass is 10.2. The molecule has 0 aliphatic rings. The van der Waals surface area contributed by atoms with Gasteiger partial charge < -0.3 is 20.0 Å². The van der Waals surface area contributed by atoms with Crippen molar-refractivity contribution >= 4 is 50.1 Å². The van der Waals surface area contributed by atoms with E-state index in [1.54, 1.807) is 5.51 Å². The van der Waals surface area contributed by atoms with Crippen molar-refractivity contribution in [2.45, 2.75) is 29.4 Å². The van der Waals surface area contributed by atoms with Crippen molar-refractivity contribution in [2.75, 3.05) is 33.4 Å². The number of nitrogens with one attached hydrogen (secondary N) is 1. The van der Waals surface area contributed by atoms with E-state index in [9.17, 15) is 20.0 Å². The first-order valence-corrected chi connectivity index (χ1v) is 11.2. The molecule has 0 aliphatic carbocycles. The maximum absolute atomic E-state index is 11.9. The molecule has 2 N–H and O–H groups in total. The van der Waals surface area contributed by atoms with Gasteiger partial charge >= 0.3 is 0 Å². The van der Waals surface area contributed by atoms with Crippen LogP contribution in [0.25, 0.3) is 10.2 Å². The van der Waals surface area contributed by atoms with Crippen LogP contribution >= 0.6 is 33.9 Å². The van der Waals surface area contributed by atoms with E-state index in [-0.39, 0.29) is 32.0 Å². The van der Waals surface area contributed by atoms with Gasteiger partial charge in [-0.15, -0.1) is 21.5 Å². The number of hydrogen-bond donors (Lipinski definition) is 2. The summed E-state index contributed by atoms with van der Waals surface area (Å²) >= 11 is 3.70. The molecular formula is C18H25IN4O6S. The van der Waals surface area contributed by atoms with Gasteiger partial charge in [-0.3, -0.25) is 9.69 Å². The maximum Gasteiger partial charge on any atom is 0.294 e. The topological polar surface area (TPSA) is 127 Å². The molecule has 12 heteroatoms. The summed E-state index contributed by atoms with van der Waals surface area (Å²) in [4.78, 5) is 32.3. The van der Waals surface area contributed by atoms with Crippen molar-refractivity contribution in [3.63, 3.8) is 0 Å². The van der Waals surface area contributed by atoms with Crippen molar-refractivity contribution < 1.29 is 24.6 Å². The van der Waals surface area contributed by atoms with E-state index < -0.39 is 14.7 Å². The lowest BCUT2D eigenvalue weighted by molar-refractivity contribution is -0.757. The number of benzene rings is 1. The average molecular weight is 552 g/mol. The van der Waals surface area contributed by atoms with Gasteiger partial charge in [0.15, 0.2) is 0 Å². The van der Waals surface area contributed by atoms with Gasteiger partial charge in [-0.1, -0.05) is 28.7 Å². The summed E-state index contributed by atoms with van der Waals surface area (Å²) in [5.41, 5.74) is 2.62. The number of aliphatic hydroxyl groups excluding tert-OH is 1. The molecule has 0 aliphatic heterocycles. The van der Waals surface area contributed by atoms with Crippen LogP contribution < -0.4 is 10.1 Å². The first kappa shape index (κ1) is 24.5. The molecule has 1 aromatic carbocycles. The Morgan fingerprint density at radius 1 is 1.53 bits per heavy atom. The molecule has 30 heavy (non-hydrogen) atoms. The molecule has 2 rings (SSSR count). The predicted molar refractivity (Wildman–Crippen MR) is 121 cm³/mol. The van der Waals surface area contributed by atoms with Crippen LogP contribution in [0.1, 0.15) is 19.8 Å². The Morgan fingerprint density at radius 2 is 2.30 bits per heavy atom. The number of alkyl halides is 1. The van der Waals surface area contributed by atoms with Gasteiger partial charge in [0.1, 0.15) is 18.5 Å². The molecule has 0 bridgehead atoms. The molecule has 2 unspecified atom stereocenters. The quantitative estimate of drug-likeness (QED) is 0.0968. The number of rotatable bonds is 13. The Morgan fingerprint density at radius 3 is 3.03 bits per heavy atom. The third-order valence-electron chi connectivity index (χ3n) is 4.39. The van der Waals surface area contributed by atoms with Crippen molar-refractivity contribution in [2.24, 2.45) is 0 Å². The number of nitrogens with zero attached hydrogens (tertiary/aromatic N) is 3. The highest BCUT2D eigenvalue weighted by Gasteiger charge is 2.28. The summed E-state index contributed by atoms with van der Waals surface area (Å²) in [6, 6.07) is 5.63. The molecule has 2 atom stereocenters. The number of fused-ring (bicyclic) bond motifs is 1. The van der Waals surface area contributed by atoms with Gasteiger partial charge in [0, 0.05) is 19.5 Å². The summed E-state index contributed by atoms with van der Waals surface area (Å²) in [7, 11) is 1.86. The third-order valence-corrected chi connectivity index (χ3v) is 6.45. The van der Waals surface area contributed by atoms with Crippen LogP contribution in [0, 0.1) is 10.1 Å². The van der Waals surface area contributed by atoms with Crippen LogP contribution in [0.3, 0.4) is 0 Å². The maximum atomic E-state index is 11.9. The number of halogens is 1. The summed E-state index contributed by atoms with van der Waals surface area (Å²) in [6.45, 7) is 2.67. The smallest absolute Gasteiger partial charge is 0.294 e. The average Bonchev–Trinajstić information content (AvgIpc) is 3.17. The second-order valence-electron chi connectivity index (χ2n) is 6.88. The fourth-order valence-electron chi connectivity index (χ4n) is 2.57. The van der Waals surface area contributed by atoms with Gasteiger partial charge in [0.2, 0.25) is 5.91 Å². The number of aliphatic hydroxyl groups is 1. The lowest BCUT2D eigenvalue weighted by Gasteiger charge is -2.35. The Kier molecular flexibility index (Phi) is 9.45. The second-order valence-corrected chi connectivity index (χ2v) is 10.1. The zero-order valence-electron chi connectivity index (χ0n) is 16.7. The number of amides is 1. The Labute approximate surface area is 191 Å². The first-order valence-electron chi connectivity index (χ1n) is 9.26. The van der Waals surface area contributed by atoms with E-state index in [0.29, 0.717) is 18.8 Å². The molecule has 1 amide bonds. The monoisotopic (exact) mass is 552 g/mol. The second kappa shape index (κ2) is 11.6. The number of likely N-dealkylation sites (N-methyl/N-ethyl adjacent to an activating group) is 1. The number of hydrogen-bond acceptors (Lipinski definition) is 9. The molecule has 0 saturated heterocycles. The predicted octanol–water partition coefficient (Wildman–Crippen LogP) is 2.22. The molecular weight excluding hydrogens is 527 g/mol. The summed E-state index contributed by atoms with van der Waals surface area (Å²) in [5, 5.41) is 22.4. The lowest BCUT2D eigenvalue weighted by Crippen LogP contribution is -2.50. The minimum Gasteiger partial charge on any atom is -0.489 e. The van der Waals surface area contributed by atoms with Gasteiger partial charge in [-0.2, -0.15) is 0 Å². The van der Waals surface area contributed by atoms with Crippen molar-refractivity contribution in [1.82, 2.24) is 15.2 Å². The van der Waals surface area contributed by atoms with E-state index >= 15 is 0 Å². The Balaban J connectivity index is 1.73. The highest BCUT2D eigenvalue weighted by atomic mass is 127. The third kappa shape index (κ3) is 7.81. The fraction of sp³-hybridized carbons (Fsp3) is 0.556. The molecule has 0 fully saturated rings. The fourth-order valence-corrected chi connectivity index (χ4v) is 3.72. The molecule has 0 radical (unpaired) electrons. The normalized spacial score (nSPS) is 14.3. The van der Waals surface area contributed by atoms with Crippen LogP contribution in [-0.4, -0.2) is 69.0 Å². The van der Waals surface area contributed by atoms with Gasteiger partial charge in [-0.25, -0.2) is 4.98 Å². The van der Waals surface area contributed by atoms with Crippen LogP contribution in [0.2, 0.25) is 0 Å². The minimum atomic E-state index is -0.873. The number of aromatic nitrogens is 1. The van der Waals surface area contributed by atoms with E-state index in [4.69, 9.17) is 4.74 Å². The summed E-state index contributed by atoms with van der Waals surface area (Å²) < 4.78 is 6.29. The Hall–Kier alpha value is -1.77. The minimum absolute atomic E-state index is 0.108. The van der Waals surface area contributed by atoms with Gasteiger partial charge in [0.25, 0.3) is 5.09 Å². The summed E-state index contributed by atoms with van der Waals surface area (Å²) in [6.07, 6.45) is -0.310. The van der Waals surface area contributed by atoms with E-state index in [0.717, 1.165) is 10.2 Å². The molecule has 1 heterocycles. The van der Waals surface area contributed by atoms with E-state index in [2.05, 4.69) is 37.7 Å². The zero-order valence-corrected chi connectivity index (χ0v) is 19.7. The standard InChI is InChI=1S/C18H25IN4O6S/c1-18(19,11-20-16(25)7-4-8-29-23(26)27)22(2)9-13(24)10-28-15-6-3-5-14-17(15)30-12-21-14/h3,5-6,12-13,24H,4,7-11H2,1-2H3,(H,20,25). The van der Waals surface area contributed by atoms with Crippen molar-refractivity contribution in [3.8, 4) is 5.75 Å². The molecule has 2 aromatic rings. The number of carbonyl (C=O) groups excluding carboxylic acids is 1. The SMILES string of the molecule is CN(CC(O)COc1cccc2ncsc12)C(C)(I)CNC(=O)CCCO[N+](=O)[O-]. The number of ether oxygens (including phenoxy) is 1. The molecule has 10 nitrogen and oxygen atoms in total. The van der Waals surface area contributed by atoms with Crippen LogP contribution in [0.5, 0.6) is 5.75 Å². The molecule has 166 valence electrons.